The highest BCUT2D eigenvalue weighted by Gasteiger charge is 2.30. The van der Waals surface area contributed by atoms with Gasteiger partial charge in [-0.2, -0.15) is 11.8 Å². The maximum atomic E-state index is 12.9. The fourth-order valence-corrected chi connectivity index (χ4v) is 3.33. The molecule has 31 heavy (non-hydrogen) atoms. The first-order chi connectivity index (χ1) is 14.7. The summed E-state index contributed by atoms with van der Waals surface area (Å²) in [5.74, 6) is -2.48. The first-order valence-electron chi connectivity index (χ1n) is 10.0. The van der Waals surface area contributed by atoms with Gasteiger partial charge in [-0.15, -0.1) is 0 Å². The van der Waals surface area contributed by atoms with Crippen molar-refractivity contribution in [1.82, 2.24) is 16.0 Å². The predicted octanol–water partition coefficient (Wildman–Crippen LogP) is 0.136. The molecule has 0 aliphatic rings. The van der Waals surface area contributed by atoms with Crippen molar-refractivity contribution < 1.29 is 24.3 Å². The van der Waals surface area contributed by atoms with Crippen molar-refractivity contribution in [1.29, 1.82) is 0 Å². The lowest BCUT2D eigenvalue weighted by Crippen LogP contribution is -2.57. The van der Waals surface area contributed by atoms with Crippen LogP contribution in [-0.2, 0) is 25.6 Å². The van der Waals surface area contributed by atoms with E-state index >= 15 is 0 Å². The lowest BCUT2D eigenvalue weighted by atomic mass is 10.0. The van der Waals surface area contributed by atoms with E-state index in [0.717, 1.165) is 5.56 Å². The van der Waals surface area contributed by atoms with Crippen molar-refractivity contribution in [2.75, 3.05) is 18.6 Å². The fraction of sp³-hybridized carbons (Fsp3) is 0.524. The minimum absolute atomic E-state index is 0.170. The molecular formula is C21H32N4O5S. The van der Waals surface area contributed by atoms with E-state index < -0.39 is 41.8 Å². The zero-order chi connectivity index (χ0) is 23.4. The molecule has 3 atom stereocenters. The number of nitrogens with two attached hydrogens (primary N) is 1. The van der Waals surface area contributed by atoms with Crippen LogP contribution >= 0.6 is 11.8 Å². The number of thioether (sulfide) groups is 1. The van der Waals surface area contributed by atoms with Gasteiger partial charge in [0.2, 0.25) is 17.7 Å². The van der Waals surface area contributed by atoms with Crippen LogP contribution in [0.3, 0.4) is 0 Å². The molecule has 0 aliphatic carbocycles. The Balaban J connectivity index is 3.05. The van der Waals surface area contributed by atoms with E-state index in [1.165, 1.54) is 11.8 Å². The molecule has 0 saturated heterocycles. The van der Waals surface area contributed by atoms with Crippen molar-refractivity contribution in [3.63, 3.8) is 0 Å². The Kier molecular flexibility index (Phi) is 11.7. The maximum absolute atomic E-state index is 12.9. The lowest BCUT2D eigenvalue weighted by molar-refractivity contribution is -0.143. The average molecular weight is 453 g/mol. The summed E-state index contributed by atoms with van der Waals surface area (Å²) in [5.41, 5.74) is 6.14. The summed E-state index contributed by atoms with van der Waals surface area (Å²) in [6, 6.07) is 6.11. The van der Waals surface area contributed by atoms with Gasteiger partial charge in [-0.3, -0.25) is 14.4 Å². The smallest absolute Gasteiger partial charge is 0.326 e. The molecule has 0 aromatic heterocycles. The zero-order valence-corrected chi connectivity index (χ0v) is 18.9. The monoisotopic (exact) mass is 452 g/mol. The second-order valence-corrected chi connectivity index (χ2v) is 8.41. The number of benzene rings is 1. The highest BCUT2D eigenvalue weighted by atomic mass is 32.2. The van der Waals surface area contributed by atoms with Crippen molar-refractivity contribution in [2.45, 2.75) is 44.8 Å². The van der Waals surface area contributed by atoms with Crippen LogP contribution in [0.4, 0.5) is 0 Å². The van der Waals surface area contributed by atoms with Crippen LogP contribution in [0.2, 0.25) is 0 Å². The van der Waals surface area contributed by atoms with Gasteiger partial charge in [0.05, 0.1) is 6.54 Å². The third-order valence-electron chi connectivity index (χ3n) is 4.59. The Morgan fingerprint density at radius 1 is 1.00 bits per heavy atom. The number of hydrogen-bond donors (Lipinski definition) is 5. The van der Waals surface area contributed by atoms with Gasteiger partial charge in [0.25, 0.3) is 0 Å². The van der Waals surface area contributed by atoms with E-state index in [1.54, 1.807) is 13.8 Å². The van der Waals surface area contributed by atoms with Crippen LogP contribution in [0.1, 0.15) is 25.8 Å². The SMILES string of the molecule is CSCCC(NC(=O)CN)C(=O)NC(Cc1ccccc1)C(=O)NC(C(=O)O)C(C)C. The van der Waals surface area contributed by atoms with Crippen LogP contribution in [-0.4, -0.2) is 65.5 Å². The molecule has 10 heteroatoms. The van der Waals surface area contributed by atoms with Crippen LogP contribution < -0.4 is 21.7 Å². The number of aliphatic carboxylic acids is 1. The normalized spacial score (nSPS) is 13.7. The first-order valence-corrected chi connectivity index (χ1v) is 11.4. The summed E-state index contributed by atoms with van der Waals surface area (Å²) in [7, 11) is 0. The van der Waals surface area contributed by atoms with Crippen molar-refractivity contribution >= 4 is 35.5 Å². The summed E-state index contributed by atoms with van der Waals surface area (Å²) in [6.45, 7) is 3.11. The lowest BCUT2D eigenvalue weighted by Gasteiger charge is -2.25. The van der Waals surface area contributed by atoms with Crippen LogP contribution in [0.25, 0.3) is 0 Å². The summed E-state index contributed by atoms with van der Waals surface area (Å²) in [4.78, 5) is 49.0. The number of nitrogens with one attached hydrogen (secondary N) is 3. The third kappa shape index (κ3) is 9.39. The molecule has 3 unspecified atom stereocenters. The molecule has 0 bridgehead atoms. The minimum atomic E-state index is -1.15. The molecule has 172 valence electrons. The number of carboxylic acid groups (broad SMARTS) is 1. The number of amides is 3. The second-order valence-electron chi connectivity index (χ2n) is 7.43. The van der Waals surface area contributed by atoms with Gasteiger partial charge in [-0.1, -0.05) is 44.2 Å². The summed E-state index contributed by atoms with van der Waals surface area (Å²) >= 11 is 1.52. The Labute approximate surface area is 186 Å². The van der Waals surface area contributed by atoms with Crippen LogP contribution in [0, 0.1) is 5.92 Å². The predicted molar refractivity (Wildman–Crippen MR) is 120 cm³/mol. The molecule has 9 nitrogen and oxygen atoms in total. The molecule has 0 aliphatic heterocycles. The van der Waals surface area contributed by atoms with Gasteiger partial charge in [-0.05, 0) is 29.9 Å². The average Bonchev–Trinajstić information content (AvgIpc) is 2.74. The Hall–Kier alpha value is -2.59. The standard InChI is InChI=1S/C21H32N4O5S/c1-13(2)18(21(29)30)25-20(28)16(11-14-7-5-4-6-8-14)24-19(27)15(9-10-31-3)23-17(26)12-22/h4-8,13,15-16,18H,9-12,22H2,1-3H3,(H,23,26)(H,24,27)(H,25,28)(H,29,30). The van der Waals surface area contributed by atoms with E-state index in [1.807, 2.05) is 36.6 Å². The third-order valence-corrected chi connectivity index (χ3v) is 5.24. The first kappa shape index (κ1) is 26.4. The number of carbonyl (C=O) groups excluding carboxylic acids is 3. The van der Waals surface area contributed by atoms with Gasteiger partial charge >= 0.3 is 5.97 Å². The van der Waals surface area contributed by atoms with Crippen molar-refractivity contribution in [3.05, 3.63) is 35.9 Å². The second kappa shape index (κ2) is 13.7. The fourth-order valence-electron chi connectivity index (χ4n) is 2.86. The van der Waals surface area contributed by atoms with Crippen molar-refractivity contribution in [2.24, 2.45) is 11.7 Å². The topological polar surface area (TPSA) is 151 Å². The quantitative estimate of drug-likeness (QED) is 0.285. The molecule has 0 heterocycles. The van der Waals surface area contributed by atoms with Crippen LogP contribution in [0.5, 0.6) is 0 Å². The van der Waals surface area contributed by atoms with E-state index in [2.05, 4.69) is 16.0 Å². The Bertz CT molecular complexity index is 745. The van der Waals surface area contributed by atoms with Crippen molar-refractivity contribution in [3.8, 4) is 0 Å². The molecule has 1 aromatic rings. The molecule has 1 rings (SSSR count). The highest BCUT2D eigenvalue weighted by molar-refractivity contribution is 7.98. The summed E-state index contributed by atoms with van der Waals surface area (Å²) < 4.78 is 0. The molecule has 3 amide bonds. The molecule has 0 spiro atoms. The highest BCUT2D eigenvalue weighted by Crippen LogP contribution is 2.08. The molecule has 0 fully saturated rings. The molecular weight excluding hydrogens is 420 g/mol. The van der Waals surface area contributed by atoms with E-state index in [0.29, 0.717) is 12.2 Å². The Morgan fingerprint density at radius 3 is 2.13 bits per heavy atom. The van der Waals surface area contributed by atoms with E-state index in [9.17, 15) is 24.3 Å². The summed E-state index contributed by atoms with van der Waals surface area (Å²) in [6.07, 6.45) is 2.41. The minimum Gasteiger partial charge on any atom is -0.480 e. The van der Waals surface area contributed by atoms with Crippen LogP contribution in [0.15, 0.2) is 30.3 Å². The van der Waals surface area contributed by atoms with Gasteiger partial charge in [0, 0.05) is 6.42 Å². The number of carboxylic acids is 1. The maximum Gasteiger partial charge on any atom is 0.326 e. The molecule has 0 saturated carbocycles. The number of carbonyl (C=O) groups is 4. The molecule has 0 radical (unpaired) electrons. The number of rotatable bonds is 13. The largest absolute Gasteiger partial charge is 0.480 e. The van der Waals surface area contributed by atoms with Gasteiger partial charge < -0.3 is 26.8 Å². The molecule has 6 N–H and O–H groups in total. The summed E-state index contributed by atoms with van der Waals surface area (Å²) in [5, 5.41) is 17.2. The Morgan fingerprint density at radius 2 is 1.61 bits per heavy atom. The van der Waals surface area contributed by atoms with Gasteiger partial charge in [0.15, 0.2) is 0 Å². The van der Waals surface area contributed by atoms with E-state index in [-0.39, 0.29) is 18.9 Å². The van der Waals surface area contributed by atoms with Gasteiger partial charge in [-0.25, -0.2) is 4.79 Å². The van der Waals surface area contributed by atoms with Gasteiger partial charge in [0.1, 0.15) is 18.1 Å². The zero-order valence-electron chi connectivity index (χ0n) is 18.1. The van der Waals surface area contributed by atoms with E-state index in [4.69, 9.17) is 5.73 Å². The molecule has 1 aromatic carbocycles. The number of hydrogen-bond acceptors (Lipinski definition) is 6.